The van der Waals surface area contributed by atoms with Gasteiger partial charge >= 0.3 is 5.97 Å². The molecule has 1 saturated heterocycles. The number of nitrogens with zero attached hydrogens (tertiary/aromatic N) is 1. The molecule has 1 aromatic rings. The normalized spacial score (nSPS) is 17.9. The molecule has 0 bridgehead atoms. The van der Waals surface area contributed by atoms with Gasteiger partial charge in [-0.2, -0.15) is 0 Å². The molecule has 20 heavy (non-hydrogen) atoms. The van der Waals surface area contributed by atoms with Gasteiger partial charge in [-0.05, 0) is 31.4 Å². The Labute approximate surface area is 118 Å². The average Bonchev–Trinajstić information content (AvgIpc) is 2.94. The highest BCUT2D eigenvalue weighted by Crippen LogP contribution is 2.23. The van der Waals surface area contributed by atoms with Crippen LogP contribution in [-0.2, 0) is 14.3 Å². The Bertz CT molecular complexity index is 494. The van der Waals surface area contributed by atoms with Crippen LogP contribution in [0.25, 0.3) is 0 Å². The number of carboxylic acid groups (broad SMARTS) is 1. The summed E-state index contributed by atoms with van der Waals surface area (Å²) in [6.45, 7) is 2.67. The summed E-state index contributed by atoms with van der Waals surface area (Å²) in [4.78, 5) is 24.9. The summed E-state index contributed by atoms with van der Waals surface area (Å²) in [6, 6.07) is 7.49. The van der Waals surface area contributed by atoms with Crippen molar-refractivity contribution in [3.63, 3.8) is 0 Å². The lowest BCUT2D eigenvalue weighted by Gasteiger charge is -2.26. The van der Waals surface area contributed by atoms with Crippen molar-refractivity contribution in [3.05, 3.63) is 29.8 Å². The van der Waals surface area contributed by atoms with E-state index >= 15 is 0 Å². The van der Waals surface area contributed by atoms with Gasteiger partial charge in [-0.25, -0.2) is 0 Å². The SMILES string of the molecule is Cc1ccccc1N(CCC(=O)O)C(=O)[C@@H]1CCCO1. The van der Waals surface area contributed by atoms with Crippen molar-refractivity contribution in [1.29, 1.82) is 0 Å². The molecule has 1 atom stereocenters. The number of amides is 1. The standard InChI is InChI=1S/C15H19NO4/c1-11-5-2-3-6-12(11)16(9-8-14(17)18)15(19)13-7-4-10-20-13/h2-3,5-6,13H,4,7-10H2,1H3,(H,17,18)/t13-/m0/s1. The van der Waals surface area contributed by atoms with Crippen molar-refractivity contribution in [2.45, 2.75) is 32.3 Å². The van der Waals surface area contributed by atoms with Gasteiger partial charge < -0.3 is 14.7 Å². The van der Waals surface area contributed by atoms with Crippen molar-refractivity contribution in [3.8, 4) is 0 Å². The van der Waals surface area contributed by atoms with Gasteiger partial charge in [0.1, 0.15) is 6.10 Å². The van der Waals surface area contributed by atoms with Gasteiger partial charge in [-0.15, -0.1) is 0 Å². The summed E-state index contributed by atoms with van der Waals surface area (Å²) in [7, 11) is 0. The highest BCUT2D eigenvalue weighted by atomic mass is 16.5. The second-order valence-electron chi connectivity index (χ2n) is 4.92. The van der Waals surface area contributed by atoms with Crippen LogP contribution in [0.3, 0.4) is 0 Å². The summed E-state index contributed by atoms with van der Waals surface area (Å²) in [5.41, 5.74) is 1.71. The quantitative estimate of drug-likeness (QED) is 0.893. The van der Waals surface area contributed by atoms with Crippen molar-refractivity contribution >= 4 is 17.6 Å². The maximum absolute atomic E-state index is 12.5. The fourth-order valence-corrected chi connectivity index (χ4v) is 2.37. The monoisotopic (exact) mass is 277 g/mol. The lowest BCUT2D eigenvalue weighted by Crippen LogP contribution is -2.40. The van der Waals surface area contributed by atoms with E-state index in [4.69, 9.17) is 9.84 Å². The molecule has 108 valence electrons. The number of aryl methyl sites for hydroxylation is 1. The summed E-state index contributed by atoms with van der Waals surface area (Å²) >= 11 is 0. The number of para-hydroxylation sites is 1. The third kappa shape index (κ3) is 3.36. The fraction of sp³-hybridized carbons (Fsp3) is 0.467. The molecule has 1 aromatic carbocycles. The Hall–Kier alpha value is -1.88. The van der Waals surface area contributed by atoms with Crippen LogP contribution >= 0.6 is 0 Å². The number of benzene rings is 1. The molecule has 0 spiro atoms. The largest absolute Gasteiger partial charge is 0.481 e. The van der Waals surface area contributed by atoms with Gasteiger partial charge in [0, 0.05) is 18.8 Å². The van der Waals surface area contributed by atoms with Crippen molar-refractivity contribution in [1.82, 2.24) is 0 Å². The molecule has 0 aliphatic carbocycles. The van der Waals surface area contributed by atoms with Crippen LogP contribution in [0.1, 0.15) is 24.8 Å². The maximum atomic E-state index is 12.5. The summed E-state index contributed by atoms with van der Waals surface area (Å²) in [6.07, 6.45) is 1.06. The Kier molecular flexibility index (Phi) is 4.74. The second kappa shape index (κ2) is 6.52. The minimum atomic E-state index is -0.913. The number of ether oxygens (including phenoxy) is 1. The van der Waals surface area contributed by atoms with E-state index in [2.05, 4.69) is 0 Å². The molecule has 1 heterocycles. The van der Waals surface area contributed by atoms with Gasteiger partial charge in [-0.1, -0.05) is 18.2 Å². The highest BCUT2D eigenvalue weighted by Gasteiger charge is 2.29. The smallest absolute Gasteiger partial charge is 0.305 e. The Morgan fingerprint density at radius 3 is 2.75 bits per heavy atom. The van der Waals surface area contributed by atoms with E-state index in [-0.39, 0.29) is 18.9 Å². The van der Waals surface area contributed by atoms with E-state index in [0.29, 0.717) is 13.0 Å². The molecule has 0 radical (unpaired) electrons. The second-order valence-corrected chi connectivity index (χ2v) is 4.92. The highest BCUT2D eigenvalue weighted by molar-refractivity contribution is 5.97. The third-order valence-corrected chi connectivity index (χ3v) is 3.43. The molecular formula is C15H19NO4. The van der Waals surface area contributed by atoms with Crippen LogP contribution in [0, 0.1) is 6.92 Å². The van der Waals surface area contributed by atoms with Crippen LogP contribution in [-0.4, -0.2) is 36.2 Å². The zero-order valence-electron chi connectivity index (χ0n) is 11.5. The lowest BCUT2D eigenvalue weighted by atomic mass is 10.1. The first kappa shape index (κ1) is 14.5. The minimum Gasteiger partial charge on any atom is -0.481 e. The van der Waals surface area contributed by atoms with Crippen molar-refractivity contribution in [2.75, 3.05) is 18.1 Å². The minimum absolute atomic E-state index is 0.0766. The number of hydrogen-bond donors (Lipinski definition) is 1. The summed E-state index contributed by atoms with van der Waals surface area (Å²) in [5.74, 6) is -1.05. The number of aliphatic carboxylic acids is 1. The van der Waals surface area contributed by atoms with Crippen LogP contribution in [0.2, 0.25) is 0 Å². The van der Waals surface area contributed by atoms with E-state index in [9.17, 15) is 9.59 Å². The fourth-order valence-electron chi connectivity index (χ4n) is 2.37. The first-order valence-electron chi connectivity index (χ1n) is 6.80. The Morgan fingerprint density at radius 2 is 2.15 bits per heavy atom. The van der Waals surface area contributed by atoms with Crippen molar-refractivity contribution < 1.29 is 19.4 Å². The predicted octanol–water partition coefficient (Wildman–Crippen LogP) is 1.98. The summed E-state index contributed by atoms with van der Waals surface area (Å²) in [5, 5.41) is 8.86. The molecule has 0 unspecified atom stereocenters. The number of hydrogen-bond acceptors (Lipinski definition) is 3. The van der Waals surface area contributed by atoms with Crippen molar-refractivity contribution in [2.24, 2.45) is 0 Å². The van der Waals surface area contributed by atoms with E-state index in [1.165, 1.54) is 0 Å². The van der Waals surface area contributed by atoms with E-state index in [1.807, 2.05) is 31.2 Å². The van der Waals surface area contributed by atoms with Crippen LogP contribution < -0.4 is 4.90 Å². The van der Waals surface area contributed by atoms with Gasteiger partial charge in [0.15, 0.2) is 0 Å². The van der Waals surface area contributed by atoms with E-state index in [1.54, 1.807) is 4.90 Å². The molecule has 2 rings (SSSR count). The van der Waals surface area contributed by atoms with Gasteiger partial charge in [0.25, 0.3) is 5.91 Å². The molecule has 5 heteroatoms. The maximum Gasteiger partial charge on any atom is 0.305 e. The molecule has 1 aliphatic heterocycles. The predicted molar refractivity (Wildman–Crippen MR) is 74.8 cm³/mol. The van der Waals surface area contributed by atoms with Crippen LogP contribution in [0.15, 0.2) is 24.3 Å². The number of anilines is 1. The van der Waals surface area contributed by atoms with Crippen LogP contribution in [0.4, 0.5) is 5.69 Å². The molecule has 1 amide bonds. The van der Waals surface area contributed by atoms with Crippen LogP contribution in [0.5, 0.6) is 0 Å². The number of carboxylic acids is 1. The number of carbonyl (C=O) groups is 2. The molecule has 5 nitrogen and oxygen atoms in total. The molecule has 1 fully saturated rings. The third-order valence-electron chi connectivity index (χ3n) is 3.43. The average molecular weight is 277 g/mol. The molecule has 0 aromatic heterocycles. The first-order valence-corrected chi connectivity index (χ1v) is 6.80. The van der Waals surface area contributed by atoms with Gasteiger partial charge in [-0.3, -0.25) is 9.59 Å². The van der Waals surface area contributed by atoms with E-state index < -0.39 is 12.1 Å². The molecular weight excluding hydrogens is 258 g/mol. The molecule has 1 aliphatic rings. The van der Waals surface area contributed by atoms with E-state index in [0.717, 1.165) is 17.7 Å². The number of carbonyl (C=O) groups excluding carboxylic acids is 1. The zero-order chi connectivity index (χ0) is 14.5. The van der Waals surface area contributed by atoms with Gasteiger partial charge in [0.2, 0.25) is 0 Å². The lowest BCUT2D eigenvalue weighted by molar-refractivity contribution is -0.136. The zero-order valence-corrected chi connectivity index (χ0v) is 11.5. The van der Waals surface area contributed by atoms with Gasteiger partial charge in [0.05, 0.1) is 6.42 Å². The first-order chi connectivity index (χ1) is 9.59. The Balaban J connectivity index is 2.21. The number of rotatable bonds is 5. The Morgan fingerprint density at radius 1 is 1.40 bits per heavy atom. The molecule has 0 saturated carbocycles. The summed E-state index contributed by atoms with van der Waals surface area (Å²) < 4.78 is 5.43. The molecule has 1 N–H and O–H groups in total. The topological polar surface area (TPSA) is 66.8 Å².